The van der Waals surface area contributed by atoms with Crippen LogP contribution in [-0.2, 0) is 23.9 Å². The molecule has 49 heavy (non-hydrogen) atoms. The molecule has 1 unspecified atom stereocenters. The topological polar surface area (TPSA) is 119 Å². The largest absolute Gasteiger partial charge is 0.448 e. The smallest absolute Gasteiger partial charge is 0.410 e. The Hall–Kier alpha value is -4.41. The third-order valence-electron chi connectivity index (χ3n) is 10.00. The van der Waals surface area contributed by atoms with Gasteiger partial charge in [0.05, 0.1) is 18.3 Å². The van der Waals surface area contributed by atoms with Gasteiger partial charge in [0.25, 0.3) is 5.91 Å². The van der Waals surface area contributed by atoms with E-state index in [1.165, 1.54) is 12.0 Å². The fraction of sp³-hybridized carbons (Fsp3) is 0.421. The molecule has 10 nitrogen and oxygen atoms in total. The molecule has 1 saturated carbocycles. The summed E-state index contributed by atoms with van der Waals surface area (Å²) in [5.41, 5.74) is 5.02. The Balaban J connectivity index is 1.12. The highest BCUT2D eigenvalue weighted by Gasteiger charge is 2.55. The maximum absolute atomic E-state index is 14.2. The Morgan fingerprint density at radius 1 is 1.04 bits per heavy atom. The number of oxime groups is 1. The van der Waals surface area contributed by atoms with Gasteiger partial charge in [-0.1, -0.05) is 90.8 Å². The highest BCUT2D eigenvalue weighted by molar-refractivity contribution is 6.31. The van der Waals surface area contributed by atoms with Crippen LogP contribution in [0, 0.1) is 0 Å². The molecule has 0 radical (unpaired) electrons. The van der Waals surface area contributed by atoms with Crippen LogP contribution in [0.5, 0.6) is 0 Å². The van der Waals surface area contributed by atoms with E-state index < -0.39 is 35.8 Å². The maximum atomic E-state index is 14.2. The molecule has 1 spiro atoms. The van der Waals surface area contributed by atoms with Crippen LogP contribution >= 0.6 is 11.6 Å². The Morgan fingerprint density at radius 3 is 2.41 bits per heavy atom. The first-order chi connectivity index (χ1) is 23.8. The first-order valence-corrected chi connectivity index (χ1v) is 17.4. The van der Waals surface area contributed by atoms with Gasteiger partial charge >= 0.3 is 6.09 Å². The second-order valence-corrected chi connectivity index (χ2v) is 13.9. The van der Waals surface area contributed by atoms with E-state index in [4.69, 9.17) is 25.9 Å². The lowest BCUT2D eigenvalue weighted by molar-refractivity contribution is -0.135. The quantitative estimate of drug-likeness (QED) is 0.264. The zero-order valence-corrected chi connectivity index (χ0v) is 28.4. The van der Waals surface area contributed by atoms with Crippen molar-refractivity contribution in [2.45, 2.75) is 81.2 Å². The van der Waals surface area contributed by atoms with Crippen LogP contribution in [0.4, 0.5) is 4.79 Å². The third kappa shape index (κ3) is 6.76. The molecule has 4 atom stereocenters. The van der Waals surface area contributed by atoms with Crippen LogP contribution in [0.2, 0.25) is 5.02 Å². The lowest BCUT2D eigenvalue weighted by atomic mass is 9.91. The zero-order valence-electron chi connectivity index (χ0n) is 27.7. The summed E-state index contributed by atoms with van der Waals surface area (Å²) in [5, 5.41) is 11.0. The van der Waals surface area contributed by atoms with E-state index in [0.29, 0.717) is 30.0 Å². The van der Waals surface area contributed by atoms with E-state index in [1.807, 2.05) is 49.4 Å². The molecule has 2 fully saturated rings. The minimum absolute atomic E-state index is 0.101. The third-order valence-corrected chi connectivity index (χ3v) is 10.2. The molecule has 0 aromatic heterocycles. The SMILES string of the molecule is CCC[C@@H](NC(=O)[C@@H]1C[C@]2(CC(c3cccc(Cl)c3)=NO2)CN1C(=O)OCC1c2ccccc2-c2ccccc21)C(OC)C(=O)NC1CC1. The average Bonchev–Trinajstić information content (AvgIpc) is 3.56. The molecule has 7 rings (SSSR count). The number of carbonyl (C=O) groups is 3. The van der Waals surface area contributed by atoms with Crippen molar-refractivity contribution in [3.8, 4) is 11.1 Å². The number of methoxy groups -OCH3 is 1. The molecule has 2 N–H and O–H groups in total. The van der Waals surface area contributed by atoms with Crippen LogP contribution in [0.3, 0.4) is 0 Å². The van der Waals surface area contributed by atoms with Gasteiger partial charge in [-0.2, -0.15) is 0 Å². The molecule has 11 heteroatoms. The number of amides is 3. The molecule has 3 amide bonds. The number of benzene rings is 3. The van der Waals surface area contributed by atoms with Gasteiger partial charge < -0.3 is 24.9 Å². The van der Waals surface area contributed by atoms with E-state index in [0.717, 1.165) is 40.7 Å². The van der Waals surface area contributed by atoms with E-state index in [-0.39, 0.29) is 37.4 Å². The summed E-state index contributed by atoms with van der Waals surface area (Å²) in [6, 6.07) is 22.3. The second-order valence-electron chi connectivity index (χ2n) is 13.5. The van der Waals surface area contributed by atoms with Gasteiger partial charge in [-0.15, -0.1) is 0 Å². The number of ether oxygens (including phenoxy) is 2. The molecule has 3 aromatic rings. The van der Waals surface area contributed by atoms with Crippen molar-refractivity contribution < 1.29 is 28.7 Å². The zero-order chi connectivity index (χ0) is 34.1. The van der Waals surface area contributed by atoms with E-state index in [1.54, 1.807) is 6.07 Å². The second kappa shape index (κ2) is 13.8. The molecule has 2 aliphatic heterocycles. The molecule has 256 valence electrons. The van der Waals surface area contributed by atoms with Gasteiger partial charge in [-0.05, 0) is 53.6 Å². The lowest BCUT2D eigenvalue weighted by Crippen LogP contribution is -2.55. The predicted octanol–water partition coefficient (Wildman–Crippen LogP) is 5.81. The Kier molecular flexibility index (Phi) is 9.35. The number of hydrogen-bond donors (Lipinski definition) is 2. The highest BCUT2D eigenvalue weighted by atomic mass is 35.5. The highest BCUT2D eigenvalue weighted by Crippen LogP contribution is 2.45. The number of nitrogens with zero attached hydrogens (tertiary/aromatic N) is 2. The van der Waals surface area contributed by atoms with Gasteiger partial charge in [0, 0.05) is 42.5 Å². The monoisotopic (exact) mass is 684 g/mol. The Labute approximate surface area is 291 Å². The van der Waals surface area contributed by atoms with Crippen molar-refractivity contribution in [2.24, 2.45) is 5.16 Å². The number of likely N-dealkylation sites (tertiary alicyclic amines) is 1. The van der Waals surface area contributed by atoms with Gasteiger partial charge in [0.15, 0.2) is 11.7 Å². The summed E-state index contributed by atoms with van der Waals surface area (Å²) in [6.07, 6.45) is 2.20. The van der Waals surface area contributed by atoms with Crippen molar-refractivity contribution in [1.82, 2.24) is 15.5 Å². The summed E-state index contributed by atoms with van der Waals surface area (Å²) in [5.74, 6) is -0.786. The fourth-order valence-electron chi connectivity index (χ4n) is 7.44. The van der Waals surface area contributed by atoms with Crippen molar-refractivity contribution in [3.05, 3.63) is 94.5 Å². The van der Waals surface area contributed by atoms with Gasteiger partial charge in [0.1, 0.15) is 12.6 Å². The number of fused-ring (bicyclic) bond motifs is 3. The number of rotatable bonds is 11. The van der Waals surface area contributed by atoms with E-state index >= 15 is 0 Å². The normalized spacial score (nSPS) is 22.1. The van der Waals surface area contributed by atoms with E-state index in [9.17, 15) is 14.4 Å². The van der Waals surface area contributed by atoms with Crippen molar-refractivity contribution in [2.75, 3.05) is 20.3 Å². The molecule has 0 bridgehead atoms. The predicted molar refractivity (Wildman–Crippen MR) is 185 cm³/mol. The first kappa shape index (κ1) is 33.1. The molecular formula is C38H41ClN4O6. The van der Waals surface area contributed by atoms with Gasteiger partial charge in [-0.25, -0.2) is 4.79 Å². The molecular weight excluding hydrogens is 644 g/mol. The lowest BCUT2D eigenvalue weighted by Gasteiger charge is -2.29. The van der Waals surface area contributed by atoms with Crippen molar-refractivity contribution in [1.29, 1.82) is 0 Å². The molecule has 4 aliphatic rings. The summed E-state index contributed by atoms with van der Waals surface area (Å²) in [6.45, 7) is 2.20. The summed E-state index contributed by atoms with van der Waals surface area (Å²) < 4.78 is 11.7. The maximum Gasteiger partial charge on any atom is 0.410 e. The average molecular weight is 685 g/mol. The van der Waals surface area contributed by atoms with Crippen molar-refractivity contribution >= 4 is 35.2 Å². The van der Waals surface area contributed by atoms with Gasteiger partial charge in [0.2, 0.25) is 5.91 Å². The fourth-order valence-corrected chi connectivity index (χ4v) is 7.63. The van der Waals surface area contributed by atoms with Crippen LogP contribution in [0.1, 0.15) is 68.1 Å². The molecule has 2 aliphatic carbocycles. The van der Waals surface area contributed by atoms with Crippen LogP contribution in [0.25, 0.3) is 11.1 Å². The summed E-state index contributed by atoms with van der Waals surface area (Å²) >= 11 is 6.26. The van der Waals surface area contributed by atoms with Gasteiger partial charge in [-0.3, -0.25) is 14.5 Å². The molecule has 2 heterocycles. The summed E-state index contributed by atoms with van der Waals surface area (Å²) in [4.78, 5) is 48.8. The van der Waals surface area contributed by atoms with Crippen LogP contribution < -0.4 is 10.6 Å². The van der Waals surface area contributed by atoms with E-state index in [2.05, 4.69) is 40.1 Å². The minimum atomic E-state index is -0.935. The molecule has 3 aromatic carbocycles. The number of hydrogen-bond acceptors (Lipinski definition) is 7. The number of nitrogens with one attached hydrogen (secondary N) is 2. The van der Waals surface area contributed by atoms with Crippen LogP contribution in [0.15, 0.2) is 78.0 Å². The first-order valence-electron chi connectivity index (χ1n) is 17.1. The number of halogens is 1. The minimum Gasteiger partial charge on any atom is -0.448 e. The molecule has 1 saturated heterocycles. The van der Waals surface area contributed by atoms with Crippen molar-refractivity contribution in [3.63, 3.8) is 0 Å². The summed E-state index contributed by atoms with van der Waals surface area (Å²) in [7, 11) is 1.47. The van der Waals surface area contributed by atoms with Crippen LogP contribution in [-0.4, -0.2) is 78.6 Å². The number of carbonyl (C=O) groups excluding carboxylic acids is 3. The Morgan fingerprint density at radius 2 is 1.76 bits per heavy atom. The Bertz CT molecular complexity index is 1730. The standard InChI is InChI=1S/C38H41ClN4O6/c1-3-9-31(34(47-2)36(45)40-25-16-17-25)41-35(44)33-20-38(19-32(42-49-38)23-10-8-11-24(39)18-23)22-43(33)37(46)48-21-30-28-14-6-4-12-26(28)27-13-5-7-15-29(27)30/h4-8,10-15,18,25,30-31,33-34H,3,9,16-17,19-22H2,1-2H3,(H,40,45)(H,41,44)/t31-,33+,34?,38-/m1/s1.